The average Bonchev–Trinajstić information content (AvgIpc) is 2.51. The third-order valence-electron chi connectivity index (χ3n) is 3.09. The molecule has 3 aromatic rings. The number of hydrogen-bond acceptors (Lipinski definition) is 2. The summed E-state index contributed by atoms with van der Waals surface area (Å²) in [6, 6.07) is 17.3. The number of para-hydroxylation sites is 1. The van der Waals surface area contributed by atoms with E-state index in [1.54, 1.807) is 48.5 Å². The van der Waals surface area contributed by atoms with E-state index in [1.807, 2.05) is 6.07 Å². The summed E-state index contributed by atoms with van der Waals surface area (Å²) in [5.74, 6) is 0. The van der Waals surface area contributed by atoms with Gasteiger partial charge in [0.1, 0.15) is 0 Å². The molecule has 4 nitrogen and oxygen atoms in total. The lowest BCUT2D eigenvalue weighted by molar-refractivity contribution is 0.803. The van der Waals surface area contributed by atoms with E-state index in [-0.39, 0.29) is 0 Å². The Morgan fingerprint density at radius 1 is 0.905 bits per heavy atom. The number of H-pyrrole nitrogens is 1. The molecule has 0 spiro atoms. The van der Waals surface area contributed by atoms with E-state index in [1.165, 1.54) is 10.7 Å². The minimum atomic E-state index is -0.612. The lowest BCUT2D eigenvalue weighted by Gasteiger charge is -2.09. The van der Waals surface area contributed by atoms with Gasteiger partial charge in [0.05, 0.1) is 11.4 Å². The largest absolute Gasteiger partial charge is 0.317 e. The van der Waals surface area contributed by atoms with E-state index in [0.717, 1.165) is 5.56 Å². The van der Waals surface area contributed by atoms with Crippen LogP contribution < -0.4 is 11.0 Å². The first-order chi connectivity index (χ1) is 10.1. The molecule has 0 saturated heterocycles. The number of hydrogen-bond donors (Lipinski definition) is 1. The summed E-state index contributed by atoms with van der Waals surface area (Å²) in [6.07, 6.45) is 0. The Labute approximate surface area is 125 Å². The van der Waals surface area contributed by atoms with Crippen LogP contribution in [0.3, 0.4) is 0 Å². The van der Waals surface area contributed by atoms with Crippen LogP contribution in [0.2, 0.25) is 5.02 Å². The first kappa shape index (κ1) is 13.4. The highest BCUT2D eigenvalue weighted by molar-refractivity contribution is 6.30. The molecule has 0 aliphatic heterocycles. The van der Waals surface area contributed by atoms with Crippen molar-refractivity contribution >= 4 is 11.6 Å². The highest BCUT2D eigenvalue weighted by atomic mass is 35.5. The Morgan fingerprint density at radius 3 is 2.24 bits per heavy atom. The molecule has 0 saturated carbocycles. The maximum Gasteiger partial charge on any atom is 0.317 e. The van der Waals surface area contributed by atoms with Crippen LogP contribution in [0, 0.1) is 0 Å². The van der Waals surface area contributed by atoms with Gasteiger partial charge in [-0.25, -0.2) is 4.68 Å². The van der Waals surface area contributed by atoms with E-state index in [9.17, 15) is 9.59 Å². The molecule has 1 aromatic heterocycles. The van der Waals surface area contributed by atoms with E-state index >= 15 is 0 Å². The van der Waals surface area contributed by atoms with E-state index in [4.69, 9.17) is 11.6 Å². The number of nitrogens with one attached hydrogen (secondary N) is 1. The van der Waals surface area contributed by atoms with Crippen molar-refractivity contribution in [3.05, 3.63) is 86.3 Å². The van der Waals surface area contributed by atoms with Gasteiger partial charge in [-0.3, -0.25) is 14.7 Å². The molecule has 0 atom stereocenters. The van der Waals surface area contributed by atoms with Gasteiger partial charge in [-0.15, -0.1) is 0 Å². The van der Waals surface area contributed by atoms with E-state index in [0.29, 0.717) is 16.4 Å². The molecule has 2 aromatic carbocycles. The predicted molar refractivity (Wildman–Crippen MR) is 83.1 cm³/mol. The number of benzene rings is 2. The molecule has 1 N–H and O–H groups in total. The fourth-order valence-corrected chi connectivity index (χ4v) is 2.17. The van der Waals surface area contributed by atoms with Crippen LogP contribution in [0.5, 0.6) is 0 Å². The molecular weight excluding hydrogens is 288 g/mol. The van der Waals surface area contributed by atoms with Crippen LogP contribution in [0.25, 0.3) is 16.9 Å². The zero-order chi connectivity index (χ0) is 14.8. The van der Waals surface area contributed by atoms with Crippen LogP contribution in [-0.2, 0) is 0 Å². The molecule has 21 heavy (non-hydrogen) atoms. The predicted octanol–water partition coefficient (Wildman–Crippen LogP) is 2.85. The normalized spacial score (nSPS) is 10.5. The third kappa shape index (κ3) is 2.66. The van der Waals surface area contributed by atoms with Crippen molar-refractivity contribution in [2.75, 3.05) is 0 Å². The fraction of sp³-hybridized carbons (Fsp3) is 0. The van der Waals surface area contributed by atoms with Crippen molar-refractivity contribution in [2.45, 2.75) is 0 Å². The molecule has 0 radical (unpaired) electrons. The molecule has 5 heteroatoms. The average molecular weight is 299 g/mol. The lowest BCUT2D eigenvalue weighted by Crippen LogP contribution is -2.34. The number of aromatic nitrogens is 2. The standard InChI is InChI=1S/C16H11ClN2O2/c17-12-8-6-11(7-9-12)14-10-15(20)16(21)19(18-14)13-4-2-1-3-5-13/h1-10,18H. The fourth-order valence-electron chi connectivity index (χ4n) is 2.04. The second-order valence-corrected chi connectivity index (χ2v) is 4.95. The van der Waals surface area contributed by atoms with Gasteiger partial charge in [0.15, 0.2) is 0 Å². The van der Waals surface area contributed by atoms with Gasteiger partial charge >= 0.3 is 5.56 Å². The summed E-state index contributed by atoms with van der Waals surface area (Å²) >= 11 is 5.86. The van der Waals surface area contributed by atoms with Gasteiger partial charge in [0.2, 0.25) is 5.43 Å². The Hall–Kier alpha value is -2.59. The van der Waals surface area contributed by atoms with Crippen molar-refractivity contribution in [3.63, 3.8) is 0 Å². The van der Waals surface area contributed by atoms with Crippen molar-refractivity contribution in [3.8, 4) is 16.9 Å². The quantitative estimate of drug-likeness (QED) is 0.740. The van der Waals surface area contributed by atoms with Crippen molar-refractivity contribution < 1.29 is 0 Å². The monoisotopic (exact) mass is 298 g/mol. The maximum absolute atomic E-state index is 12.0. The zero-order valence-electron chi connectivity index (χ0n) is 10.9. The van der Waals surface area contributed by atoms with Gasteiger partial charge in [0, 0.05) is 11.1 Å². The summed E-state index contributed by atoms with van der Waals surface area (Å²) in [5.41, 5.74) is 0.762. The summed E-state index contributed by atoms with van der Waals surface area (Å²) in [7, 11) is 0. The molecule has 0 fully saturated rings. The van der Waals surface area contributed by atoms with Crippen LogP contribution in [0.4, 0.5) is 0 Å². The Bertz CT molecular complexity index is 881. The third-order valence-corrected chi connectivity index (χ3v) is 3.34. The van der Waals surface area contributed by atoms with E-state index < -0.39 is 11.0 Å². The topological polar surface area (TPSA) is 54.9 Å². The summed E-state index contributed by atoms with van der Waals surface area (Å²) < 4.78 is 1.24. The molecule has 104 valence electrons. The minimum absolute atomic E-state index is 0.556. The van der Waals surface area contributed by atoms with Crippen LogP contribution >= 0.6 is 11.6 Å². The summed E-state index contributed by atoms with van der Waals surface area (Å²) in [4.78, 5) is 23.9. The van der Waals surface area contributed by atoms with Gasteiger partial charge in [-0.2, -0.15) is 0 Å². The summed E-state index contributed by atoms with van der Waals surface area (Å²) in [5, 5.41) is 3.58. The smallest absolute Gasteiger partial charge is 0.290 e. The molecule has 0 unspecified atom stereocenters. The summed E-state index contributed by atoms with van der Waals surface area (Å²) in [6.45, 7) is 0. The van der Waals surface area contributed by atoms with Gasteiger partial charge in [-0.1, -0.05) is 41.9 Å². The second-order valence-electron chi connectivity index (χ2n) is 4.52. The SMILES string of the molecule is O=c1cc(-c2ccc(Cl)cc2)[nH]n(-c2ccccc2)c1=O. The molecule has 0 bridgehead atoms. The molecule has 0 aliphatic carbocycles. The molecule has 0 amide bonds. The van der Waals surface area contributed by atoms with Crippen LogP contribution in [0.1, 0.15) is 0 Å². The van der Waals surface area contributed by atoms with Crippen molar-refractivity contribution in [1.29, 1.82) is 0 Å². The molecule has 3 rings (SSSR count). The van der Waals surface area contributed by atoms with Gasteiger partial charge in [0.25, 0.3) is 0 Å². The van der Waals surface area contributed by atoms with E-state index in [2.05, 4.69) is 5.10 Å². The van der Waals surface area contributed by atoms with Crippen molar-refractivity contribution in [2.24, 2.45) is 0 Å². The number of halogens is 1. The first-order valence-corrected chi connectivity index (χ1v) is 6.71. The zero-order valence-corrected chi connectivity index (χ0v) is 11.7. The van der Waals surface area contributed by atoms with Gasteiger partial charge in [-0.05, 0) is 29.8 Å². The molecule has 0 aliphatic rings. The molecular formula is C16H11ClN2O2. The Balaban J connectivity index is 2.21. The van der Waals surface area contributed by atoms with Gasteiger partial charge < -0.3 is 0 Å². The second kappa shape index (κ2) is 5.42. The number of rotatable bonds is 2. The van der Waals surface area contributed by atoms with Crippen LogP contribution in [0.15, 0.2) is 70.3 Å². The number of nitrogens with zero attached hydrogens (tertiary/aromatic N) is 1. The van der Waals surface area contributed by atoms with Crippen molar-refractivity contribution in [1.82, 2.24) is 9.78 Å². The highest BCUT2D eigenvalue weighted by Crippen LogP contribution is 2.18. The van der Waals surface area contributed by atoms with Crippen LogP contribution in [-0.4, -0.2) is 9.78 Å². The highest BCUT2D eigenvalue weighted by Gasteiger charge is 2.07. The number of aromatic amines is 1. The first-order valence-electron chi connectivity index (χ1n) is 6.33. The maximum atomic E-state index is 12.0. The lowest BCUT2D eigenvalue weighted by atomic mass is 10.1. The Morgan fingerprint density at radius 2 is 1.57 bits per heavy atom. The minimum Gasteiger partial charge on any atom is -0.290 e. The molecule has 1 heterocycles. The Kier molecular flexibility index (Phi) is 3.46.